The summed E-state index contributed by atoms with van der Waals surface area (Å²) in [4.78, 5) is 23.9. The van der Waals surface area contributed by atoms with Crippen LogP contribution in [0.5, 0.6) is 0 Å². The maximum absolute atomic E-state index is 12.0. The number of epoxide rings is 1. The number of hydrogen-bond acceptors (Lipinski definition) is 6. The van der Waals surface area contributed by atoms with Crippen molar-refractivity contribution in [3.05, 3.63) is 36.5 Å². The number of carbonyl (C=O) groups excluding carboxylic acids is 2. The lowest BCUT2D eigenvalue weighted by Crippen LogP contribution is -2.25. The van der Waals surface area contributed by atoms with E-state index in [1.54, 1.807) is 0 Å². The van der Waals surface area contributed by atoms with Crippen molar-refractivity contribution in [2.45, 2.75) is 206 Å². The second-order valence-corrected chi connectivity index (χ2v) is 13.8. The highest BCUT2D eigenvalue weighted by Crippen LogP contribution is 2.29. The van der Waals surface area contributed by atoms with Crippen molar-refractivity contribution in [3.63, 3.8) is 0 Å². The normalized spacial score (nSPS) is 16.7. The third-order valence-corrected chi connectivity index (χ3v) is 9.03. The average Bonchev–Trinajstić information content (AvgIpc) is 3.84. The first-order chi connectivity index (χ1) is 23.6. The summed E-state index contributed by atoms with van der Waals surface area (Å²) >= 11 is 0. The number of aliphatic hydroxyl groups excluding tert-OH is 1. The van der Waals surface area contributed by atoms with E-state index in [0.717, 1.165) is 44.9 Å². The largest absolute Gasteiger partial charge is 0.463 e. The van der Waals surface area contributed by atoms with Gasteiger partial charge in [-0.2, -0.15) is 0 Å². The molecular formula is C42H74O6. The van der Waals surface area contributed by atoms with Crippen LogP contribution in [0.4, 0.5) is 0 Å². The number of aliphatic hydroxyl groups is 1. The SMILES string of the molecule is CCCCC/C=C\CC1OC1C/C=C\C/C=C\CCCC(=O)OC[C@H](O)COC(=O)CCCCCCCCCCCCCCCCCC. The van der Waals surface area contributed by atoms with Crippen molar-refractivity contribution in [2.75, 3.05) is 13.2 Å². The van der Waals surface area contributed by atoms with Crippen molar-refractivity contribution in [3.8, 4) is 0 Å². The van der Waals surface area contributed by atoms with Crippen LogP contribution in [0, 0.1) is 0 Å². The zero-order valence-electron chi connectivity index (χ0n) is 31.2. The molecule has 6 heteroatoms. The lowest BCUT2D eigenvalue weighted by Gasteiger charge is -2.12. The molecule has 1 heterocycles. The molecule has 0 radical (unpaired) electrons. The molecule has 0 aromatic rings. The molecule has 1 aliphatic rings. The minimum atomic E-state index is -0.987. The van der Waals surface area contributed by atoms with Crippen LogP contribution in [0.1, 0.15) is 187 Å². The molecule has 0 bridgehead atoms. The van der Waals surface area contributed by atoms with Crippen LogP contribution in [0.3, 0.4) is 0 Å². The Hall–Kier alpha value is -1.92. The van der Waals surface area contributed by atoms with Gasteiger partial charge in [0.25, 0.3) is 0 Å². The molecule has 0 spiro atoms. The van der Waals surface area contributed by atoms with Crippen LogP contribution in [0.2, 0.25) is 0 Å². The van der Waals surface area contributed by atoms with E-state index >= 15 is 0 Å². The van der Waals surface area contributed by atoms with E-state index in [9.17, 15) is 14.7 Å². The fourth-order valence-electron chi connectivity index (χ4n) is 5.83. The Labute approximate surface area is 295 Å². The van der Waals surface area contributed by atoms with Crippen LogP contribution < -0.4 is 0 Å². The quantitative estimate of drug-likeness (QED) is 0.0312. The van der Waals surface area contributed by atoms with Gasteiger partial charge in [0, 0.05) is 12.8 Å². The maximum Gasteiger partial charge on any atom is 0.305 e. The molecule has 1 rings (SSSR count). The molecule has 3 atom stereocenters. The molecule has 6 nitrogen and oxygen atoms in total. The van der Waals surface area contributed by atoms with Gasteiger partial charge in [-0.05, 0) is 51.4 Å². The number of unbranched alkanes of at least 4 members (excludes halogenated alkanes) is 19. The fraction of sp³-hybridized carbons (Fsp3) is 0.810. The van der Waals surface area contributed by atoms with Gasteiger partial charge in [0.2, 0.25) is 0 Å². The highest BCUT2D eigenvalue weighted by atomic mass is 16.6. The Morgan fingerprint density at radius 3 is 1.48 bits per heavy atom. The van der Waals surface area contributed by atoms with E-state index in [2.05, 4.69) is 50.3 Å². The minimum absolute atomic E-state index is 0.134. The van der Waals surface area contributed by atoms with Gasteiger partial charge in [0.1, 0.15) is 19.3 Å². The number of carbonyl (C=O) groups is 2. The van der Waals surface area contributed by atoms with Crippen molar-refractivity contribution in [1.82, 2.24) is 0 Å². The summed E-state index contributed by atoms with van der Waals surface area (Å²) in [5.41, 5.74) is 0. The molecule has 2 unspecified atom stereocenters. The first-order valence-corrected chi connectivity index (χ1v) is 20.2. The summed E-state index contributed by atoms with van der Waals surface area (Å²) in [6.45, 7) is 4.22. The van der Waals surface area contributed by atoms with Crippen LogP contribution in [0.15, 0.2) is 36.5 Å². The Kier molecular flexibility index (Phi) is 30.8. The van der Waals surface area contributed by atoms with Crippen LogP contribution in [0.25, 0.3) is 0 Å². The first kappa shape index (κ1) is 44.1. The summed E-state index contributed by atoms with van der Waals surface area (Å²) < 4.78 is 16.0. The molecule has 0 aliphatic carbocycles. The van der Waals surface area contributed by atoms with Gasteiger partial charge in [0.15, 0.2) is 0 Å². The lowest BCUT2D eigenvalue weighted by atomic mass is 10.0. The van der Waals surface area contributed by atoms with E-state index in [1.807, 2.05) is 0 Å². The standard InChI is InChI=1S/C42H74O6/c1-3-5-7-9-11-12-13-14-15-16-17-18-19-22-26-30-34-41(44)46-36-38(43)37-47-42(45)35-31-27-23-20-21-25-29-33-40-39(48-40)32-28-24-10-8-6-4-2/h20,23-25,28-29,38-40,43H,3-19,21-22,26-27,30-37H2,1-2H3/b23-20-,28-24-,29-25-/t38-,39?,40?/m1/s1. The molecule has 278 valence electrons. The van der Waals surface area contributed by atoms with Crippen molar-refractivity contribution >= 4 is 11.9 Å². The average molecular weight is 675 g/mol. The zero-order chi connectivity index (χ0) is 34.8. The topological polar surface area (TPSA) is 85.4 Å². The van der Waals surface area contributed by atoms with Crippen LogP contribution in [-0.4, -0.2) is 48.6 Å². The Bertz CT molecular complexity index is 834. The van der Waals surface area contributed by atoms with Crippen molar-refractivity contribution < 1.29 is 28.9 Å². The molecule has 0 amide bonds. The number of ether oxygens (including phenoxy) is 3. The van der Waals surface area contributed by atoms with Crippen LogP contribution >= 0.6 is 0 Å². The van der Waals surface area contributed by atoms with Gasteiger partial charge in [-0.15, -0.1) is 0 Å². The second-order valence-electron chi connectivity index (χ2n) is 13.8. The highest BCUT2D eigenvalue weighted by molar-refractivity contribution is 5.69. The van der Waals surface area contributed by atoms with Gasteiger partial charge < -0.3 is 19.3 Å². The number of hydrogen-bond donors (Lipinski definition) is 1. The molecule has 0 saturated carbocycles. The minimum Gasteiger partial charge on any atom is -0.463 e. The van der Waals surface area contributed by atoms with Gasteiger partial charge in [0.05, 0.1) is 12.2 Å². The monoisotopic (exact) mass is 675 g/mol. The Morgan fingerprint density at radius 2 is 0.938 bits per heavy atom. The molecule has 48 heavy (non-hydrogen) atoms. The first-order valence-electron chi connectivity index (χ1n) is 20.2. The molecule has 1 saturated heterocycles. The lowest BCUT2D eigenvalue weighted by molar-refractivity contribution is -0.152. The summed E-state index contributed by atoms with van der Waals surface area (Å²) in [5.74, 6) is -0.630. The third kappa shape index (κ3) is 30.2. The van der Waals surface area contributed by atoms with Gasteiger partial charge in [-0.1, -0.05) is 159 Å². The molecule has 1 N–H and O–H groups in total. The van der Waals surface area contributed by atoms with Crippen molar-refractivity contribution in [1.29, 1.82) is 0 Å². The predicted molar refractivity (Wildman–Crippen MR) is 200 cm³/mol. The number of allylic oxidation sites excluding steroid dienone is 4. The predicted octanol–water partition coefficient (Wildman–Crippen LogP) is 11.4. The summed E-state index contributed by atoms with van der Waals surface area (Å²) in [5, 5.41) is 10.0. The summed E-state index contributed by atoms with van der Waals surface area (Å²) in [6, 6.07) is 0. The van der Waals surface area contributed by atoms with E-state index < -0.39 is 6.10 Å². The van der Waals surface area contributed by atoms with E-state index in [4.69, 9.17) is 14.2 Å². The number of esters is 2. The van der Waals surface area contributed by atoms with Crippen LogP contribution in [-0.2, 0) is 23.8 Å². The smallest absolute Gasteiger partial charge is 0.305 e. The summed E-state index contributed by atoms with van der Waals surface area (Å²) in [7, 11) is 0. The Balaban J connectivity index is 1.85. The molecule has 1 fully saturated rings. The molecular weight excluding hydrogens is 600 g/mol. The fourth-order valence-corrected chi connectivity index (χ4v) is 5.83. The van der Waals surface area contributed by atoms with E-state index in [-0.39, 0.29) is 25.2 Å². The Morgan fingerprint density at radius 1 is 0.542 bits per heavy atom. The summed E-state index contributed by atoms with van der Waals surface area (Å²) in [6.07, 6.45) is 43.8. The molecule has 0 aromatic heterocycles. The van der Waals surface area contributed by atoms with Crippen molar-refractivity contribution in [2.24, 2.45) is 0 Å². The molecule has 0 aromatic carbocycles. The van der Waals surface area contributed by atoms with Gasteiger partial charge in [-0.25, -0.2) is 0 Å². The van der Waals surface area contributed by atoms with E-state index in [1.165, 1.54) is 109 Å². The van der Waals surface area contributed by atoms with Gasteiger partial charge >= 0.3 is 11.9 Å². The van der Waals surface area contributed by atoms with E-state index in [0.29, 0.717) is 31.5 Å². The second kappa shape index (κ2) is 33.6. The molecule has 1 aliphatic heterocycles. The number of rotatable bonds is 35. The maximum atomic E-state index is 12.0. The third-order valence-electron chi connectivity index (χ3n) is 9.03. The van der Waals surface area contributed by atoms with Gasteiger partial charge in [-0.3, -0.25) is 9.59 Å². The zero-order valence-corrected chi connectivity index (χ0v) is 31.2. The highest BCUT2D eigenvalue weighted by Gasteiger charge is 2.35.